The van der Waals surface area contributed by atoms with E-state index in [0.717, 1.165) is 39.4 Å². The molecule has 0 aromatic carbocycles. The van der Waals surface area contributed by atoms with Crippen LogP contribution in [0.5, 0.6) is 0 Å². The molecule has 0 fully saturated rings. The highest BCUT2D eigenvalue weighted by atomic mass is 16.5. The minimum Gasteiger partial charge on any atom is -0.385 e. The Hall–Kier alpha value is -0.160. The van der Waals surface area contributed by atoms with Crippen molar-refractivity contribution in [2.75, 3.05) is 53.7 Å². The van der Waals surface area contributed by atoms with Gasteiger partial charge in [0.05, 0.1) is 13.2 Å². The molecule has 0 amide bonds. The van der Waals surface area contributed by atoms with Crippen molar-refractivity contribution in [1.82, 2.24) is 5.32 Å². The zero-order valence-corrected chi connectivity index (χ0v) is 12.9. The van der Waals surface area contributed by atoms with Gasteiger partial charge in [0.25, 0.3) is 0 Å². The van der Waals surface area contributed by atoms with E-state index in [1.54, 1.807) is 7.11 Å². The largest absolute Gasteiger partial charge is 0.385 e. The van der Waals surface area contributed by atoms with Crippen LogP contribution in [0.15, 0.2) is 0 Å². The summed E-state index contributed by atoms with van der Waals surface area (Å²) in [4.78, 5) is 0. The smallest absolute Gasteiger partial charge is 0.0700 e. The Labute approximate surface area is 119 Å². The van der Waals surface area contributed by atoms with Gasteiger partial charge in [0.15, 0.2) is 0 Å². The zero-order chi connectivity index (χ0) is 14.0. The molecule has 0 aliphatic carbocycles. The lowest BCUT2D eigenvalue weighted by molar-refractivity contribution is 0.0387. The van der Waals surface area contributed by atoms with E-state index in [2.05, 4.69) is 5.32 Å². The molecule has 0 aliphatic rings. The second kappa shape index (κ2) is 17.8. The van der Waals surface area contributed by atoms with Gasteiger partial charge in [-0.2, -0.15) is 0 Å². The first kappa shape index (κ1) is 18.8. The Bertz CT molecular complexity index is 140. The second-order valence-corrected chi connectivity index (χ2v) is 4.80. The van der Waals surface area contributed by atoms with Gasteiger partial charge in [-0.3, -0.25) is 0 Å². The van der Waals surface area contributed by atoms with Crippen LogP contribution in [0.2, 0.25) is 0 Å². The van der Waals surface area contributed by atoms with Gasteiger partial charge >= 0.3 is 0 Å². The third-order valence-corrected chi connectivity index (χ3v) is 2.97. The summed E-state index contributed by atoms with van der Waals surface area (Å²) in [6.45, 7) is 4.98. The Morgan fingerprint density at radius 2 is 1.21 bits per heavy atom. The predicted molar refractivity (Wildman–Crippen MR) is 79.8 cm³/mol. The maximum atomic E-state index is 5.52. The molecular weight excluding hydrogens is 242 g/mol. The fourth-order valence-electron chi connectivity index (χ4n) is 1.84. The van der Waals surface area contributed by atoms with E-state index in [0.29, 0.717) is 6.61 Å². The van der Waals surface area contributed by atoms with Crippen LogP contribution < -0.4 is 5.32 Å². The van der Waals surface area contributed by atoms with Crippen molar-refractivity contribution in [3.8, 4) is 0 Å². The molecular formula is C15H33NO3. The van der Waals surface area contributed by atoms with Crippen molar-refractivity contribution in [2.45, 2.75) is 44.9 Å². The first-order valence-corrected chi connectivity index (χ1v) is 7.71. The van der Waals surface area contributed by atoms with Crippen LogP contribution in [0, 0.1) is 0 Å². The number of nitrogens with one attached hydrogen (secondary N) is 1. The highest BCUT2D eigenvalue weighted by molar-refractivity contribution is 4.47. The zero-order valence-electron chi connectivity index (χ0n) is 12.9. The van der Waals surface area contributed by atoms with E-state index in [1.165, 1.54) is 38.5 Å². The Morgan fingerprint density at radius 3 is 1.84 bits per heavy atom. The van der Waals surface area contributed by atoms with Crippen LogP contribution in [-0.2, 0) is 14.2 Å². The van der Waals surface area contributed by atoms with Crippen LogP contribution in [0.3, 0.4) is 0 Å². The van der Waals surface area contributed by atoms with Gasteiger partial charge in [-0.1, -0.05) is 25.7 Å². The molecule has 0 aromatic rings. The van der Waals surface area contributed by atoms with E-state index >= 15 is 0 Å². The summed E-state index contributed by atoms with van der Waals surface area (Å²) in [6.07, 6.45) is 8.75. The van der Waals surface area contributed by atoms with Gasteiger partial charge in [-0.05, 0) is 32.9 Å². The number of hydrogen-bond acceptors (Lipinski definition) is 4. The van der Waals surface area contributed by atoms with E-state index in [-0.39, 0.29) is 0 Å². The number of hydrogen-bond donors (Lipinski definition) is 1. The lowest BCUT2D eigenvalue weighted by atomic mass is 10.1. The third-order valence-electron chi connectivity index (χ3n) is 2.97. The van der Waals surface area contributed by atoms with Crippen LogP contribution in [0.25, 0.3) is 0 Å². The van der Waals surface area contributed by atoms with Crippen molar-refractivity contribution in [2.24, 2.45) is 0 Å². The Kier molecular flexibility index (Phi) is 17.7. The molecule has 19 heavy (non-hydrogen) atoms. The maximum Gasteiger partial charge on any atom is 0.0700 e. The van der Waals surface area contributed by atoms with Crippen LogP contribution in [-0.4, -0.2) is 53.7 Å². The molecule has 1 N–H and O–H groups in total. The Balaban J connectivity index is 2.88. The van der Waals surface area contributed by atoms with Crippen LogP contribution in [0.1, 0.15) is 44.9 Å². The molecule has 0 aromatic heterocycles. The monoisotopic (exact) mass is 275 g/mol. The summed E-state index contributed by atoms with van der Waals surface area (Å²) < 4.78 is 15.9. The molecule has 0 aliphatic heterocycles. The summed E-state index contributed by atoms with van der Waals surface area (Å²) in [6, 6.07) is 0. The van der Waals surface area contributed by atoms with Crippen molar-refractivity contribution in [3.05, 3.63) is 0 Å². The highest BCUT2D eigenvalue weighted by Crippen LogP contribution is 2.04. The summed E-state index contributed by atoms with van der Waals surface area (Å²) in [5.74, 6) is 0. The molecule has 0 saturated carbocycles. The number of unbranched alkanes of at least 4 members (excludes halogenated alkanes) is 5. The second-order valence-electron chi connectivity index (χ2n) is 4.80. The molecule has 4 nitrogen and oxygen atoms in total. The van der Waals surface area contributed by atoms with Gasteiger partial charge in [0.2, 0.25) is 0 Å². The van der Waals surface area contributed by atoms with Gasteiger partial charge in [-0.25, -0.2) is 0 Å². The lowest BCUT2D eigenvalue weighted by Crippen LogP contribution is -2.07. The van der Waals surface area contributed by atoms with Crippen LogP contribution in [0.4, 0.5) is 0 Å². The van der Waals surface area contributed by atoms with E-state index in [1.807, 2.05) is 7.05 Å². The first-order valence-electron chi connectivity index (χ1n) is 7.71. The van der Waals surface area contributed by atoms with Crippen molar-refractivity contribution >= 4 is 0 Å². The molecule has 0 unspecified atom stereocenters. The summed E-state index contributed by atoms with van der Waals surface area (Å²) in [7, 11) is 3.72. The first-order chi connectivity index (χ1) is 9.41. The Morgan fingerprint density at radius 1 is 0.632 bits per heavy atom. The topological polar surface area (TPSA) is 39.7 Å². The van der Waals surface area contributed by atoms with Gasteiger partial charge < -0.3 is 19.5 Å². The maximum absolute atomic E-state index is 5.52. The minimum absolute atomic E-state index is 0.702. The summed E-state index contributed by atoms with van der Waals surface area (Å²) in [5, 5.41) is 3.18. The average Bonchev–Trinajstić information content (AvgIpc) is 2.43. The summed E-state index contributed by atoms with van der Waals surface area (Å²) in [5.41, 5.74) is 0. The predicted octanol–water partition coefficient (Wildman–Crippen LogP) is 2.62. The lowest BCUT2D eigenvalue weighted by Gasteiger charge is -2.06. The van der Waals surface area contributed by atoms with E-state index in [9.17, 15) is 0 Å². The molecule has 0 atom stereocenters. The third kappa shape index (κ3) is 17.8. The van der Waals surface area contributed by atoms with Crippen molar-refractivity contribution < 1.29 is 14.2 Å². The molecule has 0 heterocycles. The van der Waals surface area contributed by atoms with E-state index in [4.69, 9.17) is 14.2 Å². The molecule has 0 spiro atoms. The van der Waals surface area contributed by atoms with Gasteiger partial charge in [-0.15, -0.1) is 0 Å². The fraction of sp³-hybridized carbons (Fsp3) is 1.00. The van der Waals surface area contributed by atoms with Gasteiger partial charge in [0.1, 0.15) is 0 Å². The average molecular weight is 275 g/mol. The van der Waals surface area contributed by atoms with Crippen LogP contribution >= 0.6 is 0 Å². The fourth-order valence-corrected chi connectivity index (χ4v) is 1.84. The minimum atomic E-state index is 0.702. The molecule has 116 valence electrons. The molecule has 0 rings (SSSR count). The standard InChI is InChI=1S/C15H33NO3/c1-16-10-7-5-3-4-6-8-12-18-14-15-19-13-9-11-17-2/h16H,3-15H2,1-2H3. The SMILES string of the molecule is CNCCCCCCCCOCCOCCCOC. The number of methoxy groups -OCH3 is 1. The highest BCUT2D eigenvalue weighted by Gasteiger charge is 1.93. The van der Waals surface area contributed by atoms with Gasteiger partial charge in [0, 0.05) is 26.9 Å². The van der Waals surface area contributed by atoms with Crippen molar-refractivity contribution in [3.63, 3.8) is 0 Å². The normalized spacial score (nSPS) is 11.1. The summed E-state index contributed by atoms with van der Waals surface area (Å²) >= 11 is 0. The molecule has 4 heteroatoms. The quantitative estimate of drug-likeness (QED) is 0.440. The van der Waals surface area contributed by atoms with E-state index < -0.39 is 0 Å². The molecule has 0 bridgehead atoms. The molecule has 0 saturated heterocycles. The molecule has 0 radical (unpaired) electrons. The van der Waals surface area contributed by atoms with Crippen molar-refractivity contribution in [1.29, 1.82) is 0 Å². The number of rotatable bonds is 16. The number of ether oxygens (including phenoxy) is 3.